The Morgan fingerprint density at radius 3 is 2.57 bits per heavy atom. The van der Waals surface area contributed by atoms with Crippen LogP contribution in [-0.2, 0) is 21.8 Å². The smallest absolute Gasteiger partial charge is 0.224 e. The van der Waals surface area contributed by atoms with Crippen molar-refractivity contribution >= 4 is 40.6 Å². The Morgan fingerprint density at radius 2 is 1.91 bits per heavy atom. The average Bonchev–Trinajstić information content (AvgIpc) is 3.02. The normalized spacial score (nSPS) is 10.3. The van der Waals surface area contributed by atoms with Crippen molar-refractivity contribution in [2.75, 3.05) is 17.6 Å². The summed E-state index contributed by atoms with van der Waals surface area (Å²) in [5.74, 6) is 1.82. The Kier molecular flexibility index (Phi) is 7.16. The van der Waals surface area contributed by atoms with Crippen LogP contribution >= 0.6 is 23.1 Å². The van der Waals surface area contributed by atoms with Gasteiger partial charge in [-0.25, -0.2) is 0 Å². The van der Waals surface area contributed by atoms with Crippen LogP contribution in [0.5, 0.6) is 0 Å². The number of benzene rings is 1. The van der Waals surface area contributed by atoms with Crippen LogP contribution < -0.4 is 10.6 Å². The van der Waals surface area contributed by atoms with Gasteiger partial charge in [-0.05, 0) is 40.1 Å². The molecule has 0 aliphatic rings. The highest BCUT2D eigenvalue weighted by molar-refractivity contribution is 7.98. The molecule has 2 N–H and O–H groups in total. The minimum atomic E-state index is -0.101. The van der Waals surface area contributed by atoms with Gasteiger partial charge < -0.3 is 10.6 Å². The molecule has 0 atom stereocenters. The van der Waals surface area contributed by atoms with Gasteiger partial charge in [-0.15, -0.1) is 0 Å². The van der Waals surface area contributed by atoms with E-state index in [0.29, 0.717) is 13.0 Å². The third-order valence-electron chi connectivity index (χ3n) is 3.06. The number of thiophene rings is 1. The molecular formula is C17H20N2O2S2. The number of amides is 2. The summed E-state index contributed by atoms with van der Waals surface area (Å²) in [6, 6.07) is 9.45. The third kappa shape index (κ3) is 6.88. The molecule has 0 unspecified atom stereocenters. The number of anilines is 1. The first-order valence-electron chi connectivity index (χ1n) is 7.35. The molecular weight excluding hydrogens is 328 g/mol. The Hall–Kier alpha value is -1.79. The predicted molar refractivity (Wildman–Crippen MR) is 97.9 cm³/mol. The van der Waals surface area contributed by atoms with Crippen LogP contribution in [0.3, 0.4) is 0 Å². The maximum Gasteiger partial charge on any atom is 0.224 e. The summed E-state index contributed by atoms with van der Waals surface area (Å²) < 4.78 is 0. The molecule has 122 valence electrons. The van der Waals surface area contributed by atoms with Crippen molar-refractivity contribution in [3.63, 3.8) is 0 Å². The van der Waals surface area contributed by atoms with E-state index in [9.17, 15) is 9.59 Å². The van der Waals surface area contributed by atoms with Gasteiger partial charge in [-0.2, -0.15) is 23.1 Å². The molecule has 0 fully saturated rings. The van der Waals surface area contributed by atoms with E-state index < -0.39 is 0 Å². The second-order valence-electron chi connectivity index (χ2n) is 5.09. The number of hydrogen-bond acceptors (Lipinski definition) is 4. The quantitative estimate of drug-likeness (QED) is 0.720. The number of rotatable bonds is 8. The molecule has 0 aliphatic carbocycles. The highest BCUT2D eigenvalue weighted by Gasteiger charge is 2.03. The van der Waals surface area contributed by atoms with Crippen LogP contribution in [0.4, 0.5) is 5.69 Å². The zero-order chi connectivity index (χ0) is 16.5. The molecule has 2 rings (SSSR count). The van der Waals surface area contributed by atoms with Crippen molar-refractivity contribution in [3.05, 3.63) is 52.2 Å². The van der Waals surface area contributed by atoms with Crippen molar-refractivity contribution in [2.24, 2.45) is 0 Å². The van der Waals surface area contributed by atoms with Gasteiger partial charge in [-0.1, -0.05) is 12.1 Å². The summed E-state index contributed by atoms with van der Waals surface area (Å²) >= 11 is 3.53. The molecule has 0 bridgehead atoms. The van der Waals surface area contributed by atoms with Crippen molar-refractivity contribution in [1.29, 1.82) is 0 Å². The van der Waals surface area contributed by atoms with Crippen molar-refractivity contribution in [3.8, 4) is 0 Å². The van der Waals surface area contributed by atoms with E-state index in [-0.39, 0.29) is 11.8 Å². The summed E-state index contributed by atoms with van der Waals surface area (Å²) in [4.78, 5) is 22.8. The zero-order valence-corrected chi connectivity index (χ0v) is 14.6. The molecule has 0 saturated carbocycles. The molecule has 0 radical (unpaired) electrons. The zero-order valence-electron chi connectivity index (χ0n) is 13.0. The Labute approximate surface area is 144 Å². The van der Waals surface area contributed by atoms with Crippen molar-refractivity contribution in [1.82, 2.24) is 5.32 Å². The molecule has 2 amide bonds. The first-order chi connectivity index (χ1) is 11.1. The van der Waals surface area contributed by atoms with Crippen LogP contribution in [-0.4, -0.2) is 24.1 Å². The SMILES string of the molecule is CC(=O)Nc1ccc(CC(=O)NCCSCc2ccsc2)cc1. The van der Waals surface area contributed by atoms with Gasteiger partial charge in [0.25, 0.3) is 0 Å². The van der Waals surface area contributed by atoms with Crippen LogP contribution in [0.1, 0.15) is 18.1 Å². The lowest BCUT2D eigenvalue weighted by molar-refractivity contribution is -0.120. The van der Waals surface area contributed by atoms with Crippen LogP contribution in [0.2, 0.25) is 0 Å². The fourth-order valence-electron chi connectivity index (χ4n) is 1.98. The van der Waals surface area contributed by atoms with Gasteiger partial charge in [0, 0.05) is 30.7 Å². The Bertz CT molecular complexity index is 625. The summed E-state index contributed by atoms with van der Waals surface area (Å²) in [5, 5.41) is 9.86. The first-order valence-corrected chi connectivity index (χ1v) is 9.45. The molecule has 1 aromatic carbocycles. The molecule has 4 nitrogen and oxygen atoms in total. The standard InChI is InChI=1S/C17H20N2O2S2/c1-13(20)19-16-4-2-14(3-5-16)10-17(21)18-7-9-23-12-15-6-8-22-11-15/h2-6,8,11H,7,9-10,12H2,1H3,(H,18,21)(H,19,20). The number of nitrogens with one attached hydrogen (secondary N) is 2. The van der Waals surface area contributed by atoms with Crippen molar-refractivity contribution < 1.29 is 9.59 Å². The molecule has 6 heteroatoms. The lowest BCUT2D eigenvalue weighted by Crippen LogP contribution is -2.27. The fourth-order valence-corrected chi connectivity index (χ4v) is 3.56. The minimum absolute atomic E-state index is 0.0217. The number of thioether (sulfide) groups is 1. The maximum atomic E-state index is 11.9. The number of hydrogen-bond donors (Lipinski definition) is 2. The van der Waals surface area contributed by atoms with E-state index in [1.54, 1.807) is 23.5 Å². The van der Waals surface area contributed by atoms with E-state index in [4.69, 9.17) is 0 Å². The summed E-state index contributed by atoms with van der Waals surface area (Å²) in [6.45, 7) is 2.15. The van der Waals surface area contributed by atoms with Gasteiger partial charge in [-0.3, -0.25) is 9.59 Å². The van der Waals surface area contributed by atoms with E-state index >= 15 is 0 Å². The highest BCUT2D eigenvalue weighted by atomic mass is 32.2. The van der Waals surface area contributed by atoms with Crippen LogP contribution in [0.25, 0.3) is 0 Å². The molecule has 2 aromatic rings. The monoisotopic (exact) mass is 348 g/mol. The summed E-state index contributed by atoms with van der Waals surface area (Å²) in [5.41, 5.74) is 3.01. The van der Waals surface area contributed by atoms with Crippen LogP contribution in [0, 0.1) is 0 Å². The molecule has 0 saturated heterocycles. The largest absolute Gasteiger partial charge is 0.355 e. The van der Waals surface area contributed by atoms with Gasteiger partial charge in [0.05, 0.1) is 6.42 Å². The van der Waals surface area contributed by atoms with Gasteiger partial charge in [0.2, 0.25) is 11.8 Å². The van der Waals surface area contributed by atoms with E-state index in [1.807, 2.05) is 23.9 Å². The molecule has 1 heterocycles. The second-order valence-corrected chi connectivity index (χ2v) is 6.97. The van der Waals surface area contributed by atoms with Crippen LogP contribution in [0.15, 0.2) is 41.1 Å². The molecule has 0 aliphatic heterocycles. The van der Waals surface area contributed by atoms with Gasteiger partial charge in [0.15, 0.2) is 0 Å². The minimum Gasteiger partial charge on any atom is -0.355 e. The van der Waals surface area contributed by atoms with E-state index in [0.717, 1.165) is 22.8 Å². The van der Waals surface area contributed by atoms with E-state index in [2.05, 4.69) is 27.5 Å². The first kappa shape index (κ1) is 17.6. The third-order valence-corrected chi connectivity index (χ3v) is 4.82. The van der Waals surface area contributed by atoms with E-state index in [1.165, 1.54) is 12.5 Å². The predicted octanol–water partition coefficient (Wildman–Crippen LogP) is 3.30. The lowest BCUT2D eigenvalue weighted by atomic mass is 10.1. The lowest BCUT2D eigenvalue weighted by Gasteiger charge is -2.06. The second kappa shape index (κ2) is 9.37. The Morgan fingerprint density at radius 1 is 1.13 bits per heavy atom. The highest BCUT2D eigenvalue weighted by Crippen LogP contribution is 2.14. The van der Waals surface area contributed by atoms with Crippen molar-refractivity contribution in [2.45, 2.75) is 19.1 Å². The summed E-state index contributed by atoms with van der Waals surface area (Å²) in [7, 11) is 0. The van der Waals surface area contributed by atoms with Gasteiger partial charge in [0.1, 0.15) is 0 Å². The Balaban J connectivity index is 1.63. The topological polar surface area (TPSA) is 58.2 Å². The maximum absolute atomic E-state index is 11.9. The fraction of sp³-hybridized carbons (Fsp3) is 0.294. The average molecular weight is 348 g/mol. The molecule has 0 spiro atoms. The molecule has 23 heavy (non-hydrogen) atoms. The number of carbonyl (C=O) groups is 2. The summed E-state index contributed by atoms with van der Waals surface area (Å²) in [6.07, 6.45) is 0.357. The molecule has 1 aromatic heterocycles. The van der Waals surface area contributed by atoms with Gasteiger partial charge >= 0.3 is 0 Å². The number of carbonyl (C=O) groups excluding carboxylic acids is 2.